The summed E-state index contributed by atoms with van der Waals surface area (Å²) >= 11 is 1.60. The van der Waals surface area contributed by atoms with Crippen LogP contribution < -0.4 is 20.9 Å². The number of nitrogens with two attached hydrogens (primary N) is 1. The van der Waals surface area contributed by atoms with Gasteiger partial charge in [0.2, 0.25) is 17.8 Å². The summed E-state index contributed by atoms with van der Waals surface area (Å²) in [5, 5.41) is 42.3. The summed E-state index contributed by atoms with van der Waals surface area (Å²) in [7, 11) is 0. The van der Waals surface area contributed by atoms with Crippen molar-refractivity contribution in [1.82, 2.24) is 55.2 Å². The van der Waals surface area contributed by atoms with Gasteiger partial charge in [-0.2, -0.15) is 5.10 Å². The van der Waals surface area contributed by atoms with Crippen LogP contribution in [0.15, 0.2) is 83.0 Å². The van der Waals surface area contributed by atoms with Crippen molar-refractivity contribution in [2.45, 2.75) is 109 Å². The Morgan fingerprint density at radius 2 is 1.64 bits per heavy atom. The van der Waals surface area contributed by atoms with E-state index in [0.717, 1.165) is 129 Å². The minimum Gasteiger partial charge on any atom is -0.507 e. The highest BCUT2D eigenvalue weighted by Gasteiger charge is 2.44. The Morgan fingerprint density at radius 3 is 2.37 bits per heavy atom. The molecule has 20 heteroatoms. The highest BCUT2D eigenvalue weighted by molar-refractivity contribution is 7.13. The Bertz CT molecular complexity index is 3150. The lowest BCUT2D eigenvalue weighted by Crippen LogP contribution is -2.48. The molecule has 11 rings (SSSR count). The van der Waals surface area contributed by atoms with E-state index in [1.807, 2.05) is 92.6 Å². The van der Waals surface area contributed by atoms with Crippen molar-refractivity contribution in [3.05, 3.63) is 101 Å². The summed E-state index contributed by atoms with van der Waals surface area (Å²) in [6, 6.07) is 20.1. The number of likely N-dealkylation sites (tertiary alicyclic amines) is 2. The second kappa shape index (κ2) is 21.9. The number of aromatic hydroxyl groups is 1. The molecule has 0 spiro atoms. The first kappa shape index (κ1) is 51.1. The number of piperidine rings is 3. The van der Waals surface area contributed by atoms with Crippen molar-refractivity contribution in [3.63, 3.8) is 0 Å². The Balaban J connectivity index is 0.643. The molecular weight excluding hydrogens is 981 g/mol. The molecule has 1 unspecified atom stereocenters. The number of carbonyl (C=O) groups excluding carboxylic acids is 2. The van der Waals surface area contributed by atoms with Gasteiger partial charge in [-0.05, 0) is 113 Å². The number of aliphatic hydroxyl groups excluding tert-OH is 1. The average molecular weight is 1050 g/mol. The number of aromatic nitrogens is 8. The van der Waals surface area contributed by atoms with Crippen molar-refractivity contribution in [1.29, 1.82) is 0 Å². The van der Waals surface area contributed by atoms with Gasteiger partial charge in [0, 0.05) is 75.1 Å². The number of aryl methyl sites for hydroxylation is 1. The molecule has 2 amide bonds. The van der Waals surface area contributed by atoms with Crippen molar-refractivity contribution in [3.8, 4) is 27.4 Å². The summed E-state index contributed by atoms with van der Waals surface area (Å²) in [4.78, 5) is 52.3. The summed E-state index contributed by atoms with van der Waals surface area (Å²) in [5.74, 6) is 2.12. The molecule has 0 saturated carbocycles. The molecule has 4 saturated heterocycles. The van der Waals surface area contributed by atoms with Gasteiger partial charge in [-0.3, -0.25) is 14.3 Å². The van der Waals surface area contributed by atoms with Crippen molar-refractivity contribution in [2.75, 3.05) is 67.9 Å². The lowest BCUT2D eigenvalue weighted by molar-refractivity contribution is -0.141. The highest BCUT2D eigenvalue weighted by Crippen LogP contribution is 2.37. The first-order valence-electron chi connectivity index (χ1n) is 27.0. The van der Waals surface area contributed by atoms with Gasteiger partial charge in [-0.15, -0.1) is 21.5 Å². The van der Waals surface area contributed by atoms with Crippen LogP contribution in [0.2, 0.25) is 0 Å². The van der Waals surface area contributed by atoms with Crippen LogP contribution in [0.1, 0.15) is 112 Å². The molecule has 0 aliphatic carbocycles. The number of nitrogen functional groups attached to an aromatic ring is 1. The van der Waals surface area contributed by atoms with Gasteiger partial charge in [-0.1, -0.05) is 55.4 Å². The fourth-order valence-electron chi connectivity index (χ4n) is 11.9. The molecule has 9 heterocycles. The molecule has 0 bridgehead atoms. The van der Waals surface area contributed by atoms with Crippen LogP contribution in [0.5, 0.6) is 5.75 Å². The normalized spacial score (nSPS) is 20.2. The van der Waals surface area contributed by atoms with Gasteiger partial charge >= 0.3 is 0 Å². The topological polar surface area (TPSA) is 234 Å². The van der Waals surface area contributed by atoms with Gasteiger partial charge in [0.15, 0.2) is 22.9 Å². The number of phenols is 1. The number of amides is 2. The number of nitrogens with zero attached hydrogens (tertiary/aromatic N) is 12. The van der Waals surface area contributed by atoms with Gasteiger partial charge in [0.25, 0.3) is 0 Å². The maximum Gasteiger partial charge on any atom is 0.243 e. The number of hydrogen-bond donors (Lipinski definition) is 4. The van der Waals surface area contributed by atoms with E-state index in [-0.39, 0.29) is 48.5 Å². The smallest absolute Gasteiger partial charge is 0.243 e. The van der Waals surface area contributed by atoms with Gasteiger partial charge in [-0.25, -0.2) is 15.0 Å². The number of thiazole rings is 1. The molecule has 0 radical (unpaired) electrons. The van der Waals surface area contributed by atoms with E-state index in [4.69, 9.17) is 25.3 Å². The van der Waals surface area contributed by atoms with Crippen LogP contribution in [-0.2, 0) is 9.59 Å². The number of para-hydroxylation sites is 1. The zero-order valence-corrected chi connectivity index (χ0v) is 44.5. The minimum absolute atomic E-state index is 0.0814. The molecule has 4 fully saturated rings. The monoisotopic (exact) mass is 1050 g/mol. The number of anilines is 3. The van der Waals surface area contributed by atoms with E-state index in [2.05, 4.69) is 46.4 Å². The second-order valence-electron chi connectivity index (χ2n) is 21.6. The van der Waals surface area contributed by atoms with Gasteiger partial charge in [0.05, 0.1) is 45.5 Å². The van der Waals surface area contributed by atoms with Crippen molar-refractivity contribution in [2.24, 2.45) is 11.8 Å². The fraction of sp³-hybridized carbons (Fsp3) is 0.482. The second-order valence-corrected chi connectivity index (χ2v) is 22.5. The number of rotatable bonds is 14. The molecule has 4 aliphatic rings. The van der Waals surface area contributed by atoms with Crippen molar-refractivity contribution >= 4 is 51.8 Å². The first-order chi connectivity index (χ1) is 36.8. The lowest BCUT2D eigenvalue weighted by Gasteiger charge is -2.37. The largest absolute Gasteiger partial charge is 0.507 e. The van der Waals surface area contributed by atoms with Crippen LogP contribution in [0.3, 0.4) is 0 Å². The third kappa shape index (κ3) is 10.6. The van der Waals surface area contributed by atoms with E-state index in [0.29, 0.717) is 40.2 Å². The number of β-amino-alcohol motifs (C(OH)–C–C–N with tert-alkyl or cyclic N) is 1. The summed E-state index contributed by atoms with van der Waals surface area (Å²) in [6.07, 6.45) is 7.14. The summed E-state index contributed by atoms with van der Waals surface area (Å²) in [5.41, 5.74) is 14.8. The number of aliphatic hydroxyl groups is 1. The molecule has 7 aromatic rings. The molecule has 76 heavy (non-hydrogen) atoms. The Labute approximate surface area is 446 Å². The maximum atomic E-state index is 14.4. The number of carbonyl (C=O) groups is 2. The molecule has 5 aromatic heterocycles. The Hall–Kier alpha value is -7.03. The number of benzene rings is 2. The summed E-state index contributed by atoms with van der Waals surface area (Å²) < 4.78 is 7.94. The zero-order chi connectivity index (χ0) is 52.6. The predicted molar refractivity (Wildman–Crippen MR) is 292 cm³/mol. The van der Waals surface area contributed by atoms with Gasteiger partial charge < -0.3 is 45.4 Å². The van der Waals surface area contributed by atoms with E-state index in [1.54, 1.807) is 23.5 Å². The molecule has 4 atom stereocenters. The van der Waals surface area contributed by atoms with E-state index < -0.39 is 18.1 Å². The highest BCUT2D eigenvalue weighted by atomic mass is 32.1. The third-order valence-electron chi connectivity index (χ3n) is 16.3. The zero-order valence-electron chi connectivity index (χ0n) is 43.7. The number of phenolic OH excluding ortho intramolecular Hbond substituents is 1. The lowest BCUT2D eigenvalue weighted by atomic mass is 9.90. The van der Waals surface area contributed by atoms with E-state index >= 15 is 0 Å². The summed E-state index contributed by atoms with van der Waals surface area (Å²) in [6.45, 7) is 14.4. The SMILES string of the molecule is Cc1ncsc1-c1ccc([C@H](C)NC(=O)[C@@H]2C[C@@H](O)CN2C(=O)C(c2cc(N3CCC(CN4CCC(c5ccnc(N6CCC(n7nc(N)c8nnc(-c9ccccc9O)cc87)CC6)n5)CC4)CC3)no2)C(C)C)cc1. The van der Waals surface area contributed by atoms with Crippen LogP contribution in [0.4, 0.5) is 17.6 Å². The minimum atomic E-state index is -0.806. The van der Waals surface area contributed by atoms with Gasteiger partial charge in [0.1, 0.15) is 17.7 Å². The fourth-order valence-corrected chi connectivity index (χ4v) is 12.7. The number of fused-ring (bicyclic) bond motifs is 1. The quantitative estimate of drug-likeness (QED) is 0.0825. The molecule has 2 aromatic carbocycles. The Morgan fingerprint density at radius 1 is 0.895 bits per heavy atom. The van der Waals surface area contributed by atoms with Crippen molar-refractivity contribution < 1.29 is 24.3 Å². The number of nitrogens with one attached hydrogen (secondary N) is 1. The number of hydrogen-bond acceptors (Lipinski definition) is 17. The standard InChI is InChI=1S/C56H68N14O5S/c1-33(2)50(55(74)69-31-41(71)27-46(69)54(73)60-34(3)37-9-11-39(12-10-37)52-35(4)59-32-76-52)48-29-49(65-75-48)67-23-14-36(15-24-67)30-66-21-16-38(17-22-66)43-13-20-58-56(61-43)68-25-18-40(19-26-68)70-45-28-44(42-7-5-6-8-47(42)72)62-63-51(45)53(57)64-70/h5-13,20,28-29,32-34,36,38,40-41,46,50,71-72H,14-19,21-27,30-31H2,1-4H3,(H2,57,64)(H,60,73)/t34-,41+,46-,50?/m0/s1. The average Bonchev–Trinajstić information content (AvgIpc) is 4.28. The molecular formula is C56H68N14O5S. The third-order valence-corrected chi connectivity index (χ3v) is 17.3. The van der Waals surface area contributed by atoms with E-state index in [9.17, 15) is 19.8 Å². The maximum absolute atomic E-state index is 14.4. The predicted octanol–water partition coefficient (Wildman–Crippen LogP) is 7.51. The van der Waals surface area contributed by atoms with Crippen LogP contribution in [0.25, 0.3) is 32.7 Å². The molecule has 398 valence electrons. The Kier molecular flexibility index (Phi) is 14.7. The van der Waals surface area contributed by atoms with Crippen LogP contribution >= 0.6 is 11.3 Å². The molecule has 4 aliphatic heterocycles. The van der Waals surface area contributed by atoms with Crippen LogP contribution in [-0.4, -0.2) is 136 Å². The first-order valence-corrected chi connectivity index (χ1v) is 27.8. The molecule has 19 nitrogen and oxygen atoms in total. The van der Waals surface area contributed by atoms with E-state index in [1.165, 1.54) is 4.90 Å². The molecule has 5 N–H and O–H groups in total. The van der Waals surface area contributed by atoms with Crippen LogP contribution in [0, 0.1) is 18.8 Å².